The first-order valence-corrected chi connectivity index (χ1v) is 9.01. The van der Waals surface area contributed by atoms with Gasteiger partial charge in [0.2, 0.25) is 11.2 Å². The van der Waals surface area contributed by atoms with Gasteiger partial charge in [-0.3, -0.25) is 0 Å². The van der Waals surface area contributed by atoms with Gasteiger partial charge >= 0.3 is 6.03 Å². The zero-order chi connectivity index (χ0) is 18.8. The molecule has 2 atom stereocenters. The van der Waals surface area contributed by atoms with Crippen molar-refractivity contribution < 1.29 is 14.6 Å². The monoisotopic (exact) mass is 372 g/mol. The summed E-state index contributed by atoms with van der Waals surface area (Å²) in [7, 11) is 1.61. The molecule has 1 fully saturated rings. The van der Waals surface area contributed by atoms with Gasteiger partial charge in [0.1, 0.15) is 5.75 Å². The Labute approximate surface area is 156 Å². The summed E-state index contributed by atoms with van der Waals surface area (Å²) in [5, 5.41) is 18.9. The lowest BCUT2D eigenvalue weighted by Crippen LogP contribution is -2.34. The minimum atomic E-state index is -0.958. The number of aliphatic hydroxyl groups is 1. The molecule has 2 heterocycles. The maximum Gasteiger partial charge on any atom is 0.328 e. The number of benzene rings is 1. The van der Waals surface area contributed by atoms with Gasteiger partial charge in [0, 0.05) is 7.05 Å². The van der Waals surface area contributed by atoms with Crippen LogP contribution in [0.5, 0.6) is 5.75 Å². The summed E-state index contributed by atoms with van der Waals surface area (Å²) in [6, 6.07) is 7.37. The fourth-order valence-electron chi connectivity index (χ4n) is 2.70. The molecular weight excluding hydrogens is 352 g/mol. The first-order valence-electron chi connectivity index (χ1n) is 8.20. The second-order valence-electron chi connectivity index (χ2n) is 6.29. The minimum absolute atomic E-state index is 0.213. The average molecular weight is 372 g/mol. The Morgan fingerprint density at radius 1 is 1.38 bits per heavy atom. The van der Waals surface area contributed by atoms with Gasteiger partial charge in [-0.1, -0.05) is 49.3 Å². The lowest BCUT2D eigenvalue weighted by atomic mass is 10.0. The van der Waals surface area contributed by atoms with Crippen LogP contribution in [-0.4, -0.2) is 46.1 Å². The molecule has 8 heteroatoms. The summed E-state index contributed by atoms with van der Waals surface area (Å²) in [5.74, 6) is 3.55. The third-order valence-electron chi connectivity index (χ3n) is 4.07. The van der Waals surface area contributed by atoms with E-state index in [1.54, 1.807) is 7.05 Å². The van der Waals surface area contributed by atoms with Crippen molar-refractivity contribution in [2.75, 3.05) is 18.5 Å². The molecule has 26 heavy (non-hydrogen) atoms. The van der Waals surface area contributed by atoms with Gasteiger partial charge in [-0.15, -0.1) is 16.6 Å². The third kappa shape index (κ3) is 3.36. The van der Waals surface area contributed by atoms with E-state index in [9.17, 15) is 9.90 Å². The van der Waals surface area contributed by atoms with Crippen LogP contribution in [0, 0.1) is 12.3 Å². The fourth-order valence-corrected chi connectivity index (χ4v) is 3.57. The number of urea groups is 1. The predicted octanol–water partition coefficient (Wildman–Crippen LogP) is 2.61. The molecule has 0 spiro atoms. The molecule has 0 aliphatic carbocycles. The second kappa shape index (κ2) is 7.32. The molecule has 2 aromatic rings. The van der Waals surface area contributed by atoms with E-state index in [1.807, 2.05) is 24.3 Å². The van der Waals surface area contributed by atoms with Gasteiger partial charge in [-0.2, -0.15) is 0 Å². The number of anilines is 1. The van der Waals surface area contributed by atoms with Crippen molar-refractivity contribution in [2.45, 2.75) is 32.1 Å². The SMILES string of the molecule is C#CC(Oc1ccccc1C(C)C)c1nnc(N2C(=O)N(C)CC2O)s1. The Hall–Kier alpha value is -2.63. The van der Waals surface area contributed by atoms with Crippen LogP contribution in [-0.2, 0) is 0 Å². The normalized spacial score (nSPS) is 18.3. The van der Waals surface area contributed by atoms with Crippen LogP contribution in [0.25, 0.3) is 0 Å². The molecule has 0 radical (unpaired) electrons. The summed E-state index contributed by atoms with van der Waals surface area (Å²) < 4.78 is 5.99. The minimum Gasteiger partial charge on any atom is -0.470 e. The zero-order valence-electron chi connectivity index (χ0n) is 14.8. The zero-order valence-corrected chi connectivity index (χ0v) is 15.6. The number of ether oxygens (including phenoxy) is 1. The Kier molecular flexibility index (Phi) is 5.11. The number of carbonyl (C=O) groups excluding carboxylic acids is 1. The highest BCUT2D eigenvalue weighted by Crippen LogP contribution is 2.33. The molecule has 136 valence electrons. The number of aromatic nitrogens is 2. The van der Waals surface area contributed by atoms with Crippen LogP contribution < -0.4 is 9.64 Å². The molecule has 2 unspecified atom stereocenters. The third-order valence-corrected chi connectivity index (χ3v) is 5.03. The molecule has 1 aliphatic heterocycles. The van der Waals surface area contributed by atoms with E-state index in [2.05, 4.69) is 30.0 Å². The van der Waals surface area contributed by atoms with E-state index in [0.29, 0.717) is 15.9 Å². The maximum absolute atomic E-state index is 12.1. The molecule has 0 saturated carbocycles. The Bertz CT molecular complexity index is 845. The Balaban J connectivity index is 1.84. The fraction of sp³-hybridized carbons (Fsp3) is 0.389. The number of aliphatic hydroxyl groups excluding tert-OH is 1. The number of nitrogens with zero attached hydrogens (tertiary/aromatic N) is 4. The molecule has 7 nitrogen and oxygen atoms in total. The average Bonchev–Trinajstić information content (AvgIpc) is 3.17. The van der Waals surface area contributed by atoms with Crippen molar-refractivity contribution in [1.82, 2.24) is 15.1 Å². The molecular formula is C18H20N4O3S. The van der Waals surface area contributed by atoms with Crippen LogP contribution >= 0.6 is 11.3 Å². The number of likely N-dealkylation sites (N-methyl/N-ethyl adjacent to an activating group) is 1. The van der Waals surface area contributed by atoms with E-state index in [0.717, 1.165) is 16.9 Å². The van der Waals surface area contributed by atoms with Gasteiger partial charge in [0.25, 0.3) is 0 Å². The van der Waals surface area contributed by atoms with Crippen LogP contribution in [0.4, 0.5) is 9.93 Å². The van der Waals surface area contributed by atoms with Crippen molar-refractivity contribution >= 4 is 22.5 Å². The number of hydrogen-bond acceptors (Lipinski definition) is 6. The number of hydrogen-bond donors (Lipinski definition) is 1. The van der Waals surface area contributed by atoms with Crippen molar-refractivity contribution in [2.24, 2.45) is 0 Å². The molecule has 3 rings (SSSR count). The number of β-amino-alcohol motifs (C(OH)–C–C–N with tert-alkyl or cyclic N) is 1. The molecule has 2 amide bonds. The summed E-state index contributed by atoms with van der Waals surface area (Å²) >= 11 is 1.13. The molecule has 1 aromatic carbocycles. The van der Waals surface area contributed by atoms with Crippen LogP contribution in [0.1, 0.15) is 36.4 Å². The Morgan fingerprint density at radius 3 is 2.73 bits per heavy atom. The van der Waals surface area contributed by atoms with Gasteiger partial charge < -0.3 is 14.7 Å². The highest BCUT2D eigenvalue weighted by Gasteiger charge is 2.37. The number of para-hydroxylation sites is 1. The van der Waals surface area contributed by atoms with Gasteiger partial charge in [-0.25, -0.2) is 9.69 Å². The van der Waals surface area contributed by atoms with Crippen molar-refractivity contribution in [3.63, 3.8) is 0 Å². The molecule has 1 N–H and O–H groups in total. The standard InChI is InChI=1S/C18H20N4O3S/c1-5-13(25-14-9-7-6-8-12(14)11(2)3)16-19-20-17(26-16)22-15(23)10-21(4)18(22)24/h1,6-9,11,13,15,23H,10H2,2-4H3. The summed E-state index contributed by atoms with van der Waals surface area (Å²) in [6.07, 6.45) is 3.96. The summed E-state index contributed by atoms with van der Waals surface area (Å²) in [4.78, 5) is 14.8. The first kappa shape index (κ1) is 18.2. The van der Waals surface area contributed by atoms with Crippen LogP contribution in [0.15, 0.2) is 24.3 Å². The number of rotatable bonds is 5. The van der Waals surface area contributed by atoms with Gasteiger partial charge in [-0.05, 0) is 17.5 Å². The van der Waals surface area contributed by atoms with Crippen LogP contribution in [0.3, 0.4) is 0 Å². The number of carbonyl (C=O) groups is 1. The van der Waals surface area contributed by atoms with Gasteiger partial charge in [0.15, 0.2) is 11.2 Å². The van der Waals surface area contributed by atoms with Crippen molar-refractivity contribution in [3.05, 3.63) is 34.8 Å². The second-order valence-corrected chi connectivity index (χ2v) is 7.28. The molecule has 0 bridgehead atoms. The predicted molar refractivity (Wildman–Crippen MR) is 99.2 cm³/mol. The topological polar surface area (TPSA) is 78.8 Å². The van der Waals surface area contributed by atoms with Gasteiger partial charge in [0.05, 0.1) is 6.54 Å². The van der Waals surface area contributed by atoms with E-state index in [1.165, 1.54) is 9.80 Å². The highest BCUT2D eigenvalue weighted by molar-refractivity contribution is 7.15. The van der Waals surface area contributed by atoms with Crippen LogP contribution in [0.2, 0.25) is 0 Å². The van der Waals surface area contributed by atoms with E-state index >= 15 is 0 Å². The van der Waals surface area contributed by atoms with Crippen molar-refractivity contribution in [3.8, 4) is 18.1 Å². The molecule has 1 aromatic heterocycles. The first-order chi connectivity index (χ1) is 12.4. The maximum atomic E-state index is 12.1. The summed E-state index contributed by atoms with van der Waals surface area (Å²) in [5.41, 5.74) is 1.05. The Morgan fingerprint density at radius 2 is 2.12 bits per heavy atom. The largest absolute Gasteiger partial charge is 0.470 e. The number of amides is 2. The van der Waals surface area contributed by atoms with E-state index in [-0.39, 0.29) is 18.5 Å². The number of terminal acetylenes is 1. The smallest absolute Gasteiger partial charge is 0.328 e. The van der Waals surface area contributed by atoms with E-state index < -0.39 is 12.3 Å². The quantitative estimate of drug-likeness (QED) is 0.816. The molecule has 1 aliphatic rings. The highest BCUT2D eigenvalue weighted by atomic mass is 32.1. The van der Waals surface area contributed by atoms with Crippen molar-refractivity contribution in [1.29, 1.82) is 0 Å². The lowest BCUT2D eigenvalue weighted by Gasteiger charge is -2.17. The lowest BCUT2D eigenvalue weighted by molar-refractivity contribution is 0.183. The molecule has 1 saturated heterocycles. The summed E-state index contributed by atoms with van der Waals surface area (Å²) in [6.45, 7) is 4.37. The van der Waals surface area contributed by atoms with E-state index in [4.69, 9.17) is 11.2 Å².